The van der Waals surface area contributed by atoms with Crippen LogP contribution in [0, 0.1) is 11.8 Å². The highest BCUT2D eigenvalue weighted by molar-refractivity contribution is 6.27. The second-order valence-corrected chi connectivity index (χ2v) is 12.4. The quantitative estimate of drug-likeness (QED) is 0.529. The molecule has 1 saturated carbocycles. The van der Waals surface area contributed by atoms with Gasteiger partial charge in [0.2, 0.25) is 5.96 Å². The first-order chi connectivity index (χ1) is 20.9. The van der Waals surface area contributed by atoms with Gasteiger partial charge in [0.15, 0.2) is 5.84 Å². The normalized spacial score (nSPS) is 25.3. The molecule has 6 rings (SSSR count). The maximum Gasteiger partial charge on any atom is 0.332 e. The Balaban J connectivity index is 1.25. The van der Waals surface area contributed by atoms with Gasteiger partial charge < -0.3 is 19.9 Å². The number of aliphatic imine (C=N–C) groups is 2. The highest BCUT2D eigenvalue weighted by atomic mass is 16.5. The number of fused-ring (bicyclic) bond motifs is 1. The molecule has 1 N–H and O–H groups in total. The third kappa shape index (κ3) is 6.45. The summed E-state index contributed by atoms with van der Waals surface area (Å²) in [7, 11) is 3.79. The smallest absolute Gasteiger partial charge is 0.332 e. The number of likely N-dealkylation sites (N-methyl/N-ethyl adjacent to an activating group) is 1. The van der Waals surface area contributed by atoms with E-state index in [1.807, 2.05) is 17.0 Å². The van der Waals surface area contributed by atoms with Crippen molar-refractivity contribution >= 4 is 29.3 Å². The molecule has 0 spiro atoms. The number of ether oxygens (including phenoxy) is 1. The van der Waals surface area contributed by atoms with E-state index >= 15 is 0 Å². The number of carbonyl (C=O) groups is 1. The molecule has 1 aromatic carbocycles. The van der Waals surface area contributed by atoms with Crippen molar-refractivity contribution < 1.29 is 9.53 Å². The first-order valence-electron chi connectivity index (χ1n) is 15.6. The first kappa shape index (κ1) is 29.3. The number of rotatable bonds is 6. The Kier molecular flexibility index (Phi) is 8.76. The number of aromatic nitrogens is 1. The SMILES string of the molecule is COc1ccc(N2C(=O)N(C3C(C)CCC[C@H]3C)CC3=CCN=C(Nc4ccc(CN5CCN(C)CC5)cc4)N=C32)nc1. The predicted octanol–water partition coefficient (Wildman–Crippen LogP) is 4.71. The molecule has 2 aromatic rings. The Hall–Kier alpha value is -3.76. The minimum Gasteiger partial charge on any atom is -0.495 e. The van der Waals surface area contributed by atoms with Gasteiger partial charge in [0.25, 0.3) is 0 Å². The standard InChI is InChI=1S/C33H44N8O2/c1-23-6-5-7-24(2)30(23)40-22-26-14-15-34-32(37-31(26)41(33(40)42)29-13-12-28(43-4)20-35-29)36-27-10-8-25(9-11-27)21-39-18-16-38(3)17-19-39/h8-14,20,23-24,30H,5-7,15-19,21-22H2,1-4H3,(H,34,36)/t23-,24?,30?/m1/s1. The summed E-state index contributed by atoms with van der Waals surface area (Å²) in [5.74, 6) is 3.06. The summed E-state index contributed by atoms with van der Waals surface area (Å²) in [5.41, 5.74) is 3.19. The Bertz CT molecular complexity index is 1370. The number of nitrogens with one attached hydrogen (secondary N) is 1. The number of pyridine rings is 1. The van der Waals surface area contributed by atoms with Gasteiger partial charge in [0, 0.05) is 50.0 Å². The molecule has 2 saturated heterocycles. The van der Waals surface area contributed by atoms with Crippen LogP contribution in [-0.4, -0.2) is 97.0 Å². The zero-order valence-electron chi connectivity index (χ0n) is 25.9. The van der Waals surface area contributed by atoms with Crippen molar-refractivity contribution in [1.82, 2.24) is 19.7 Å². The van der Waals surface area contributed by atoms with Gasteiger partial charge in [-0.15, -0.1) is 0 Å². The van der Waals surface area contributed by atoms with Crippen molar-refractivity contribution in [2.75, 3.05) is 63.6 Å². The van der Waals surface area contributed by atoms with Gasteiger partial charge in [-0.25, -0.2) is 19.7 Å². The zero-order valence-corrected chi connectivity index (χ0v) is 25.9. The summed E-state index contributed by atoms with van der Waals surface area (Å²) in [6, 6.07) is 12.2. The molecule has 2 unspecified atom stereocenters. The van der Waals surface area contributed by atoms with Gasteiger partial charge in [-0.2, -0.15) is 4.99 Å². The maximum absolute atomic E-state index is 14.3. The van der Waals surface area contributed by atoms with Crippen LogP contribution in [0.1, 0.15) is 38.7 Å². The van der Waals surface area contributed by atoms with E-state index in [1.54, 1.807) is 18.2 Å². The molecule has 43 heavy (non-hydrogen) atoms. The van der Waals surface area contributed by atoms with Crippen LogP contribution in [0.3, 0.4) is 0 Å². The van der Waals surface area contributed by atoms with Crippen molar-refractivity contribution in [3.63, 3.8) is 0 Å². The first-order valence-corrected chi connectivity index (χ1v) is 15.6. The van der Waals surface area contributed by atoms with Crippen molar-refractivity contribution in [2.24, 2.45) is 21.8 Å². The molecule has 0 bridgehead atoms. The summed E-state index contributed by atoms with van der Waals surface area (Å²) in [4.78, 5) is 37.2. The van der Waals surface area contributed by atoms with Crippen molar-refractivity contribution in [3.05, 3.63) is 59.8 Å². The molecule has 4 aliphatic rings. The topological polar surface area (TPSA) is 88.9 Å². The Morgan fingerprint density at radius 3 is 2.42 bits per heavy atom. The van der Waals surface area contributed by atoms with E-state index in [-0.39, 0.29) is 12.1 Å². The van der Waals surface area contributed by atoms with Crippen LogP contribution in [-0.2, 0) is 6.54 Å². The van der Waals surface area contributed by atoms with Gasteiger partial charge in [-0.05, 0) is 61.6 Å². The lowest BCUT2D eigenvalue weighted by molar-refractivity contribution is 0.100. The number of guanidine groups is 1. The van der Waals surface area contributed by atoms with Crippen LogP contribution in [0.15, 0.2) is 64.2 Å². The Labute approximate surface area is 255 Å². The third-order valence-corrected chi connectivity index (χ3v) is 9.31. The minimum atomic E-state index is -0.0892. The lowest BCUT2D eigenvalue weighted by Gasteiger charge is -2.47. The molecule has 228 valence electrons. The number of carbonyl (C=O) groups excluding carboxylic acids is 1. The average molecular weight is 585 g/mol. The van der Waals surface area contributed by atoms with Crippen molar-refractivity contribution in [3.8, 4) is 5.75 Å². The fourth-order valence-electron chi connectivity index (χ4n) is 6.84. The molecular formula is C33H44N8O2. The summed E-state index contributed by atoms with van der Waals surface area (Å²) in [5, 5.41) is 3.40. The number of hydrogen-bond donors (Lipinski definition) is 1. The van der Waals surface area contributed by atoms with Gasteiger partial charge >= 0.3 is 6.03 Å². The number of methoxy groups -OCH3 is 1. The largest absolute Gasteiger partial charge is 0.495 e. The Morgan fingerprint density at radius 2 is 1.74 bits per heavy atom. The van der Waals surface area contributed by atoms with E-state index in [0.29, 0.717) is 48.3 Å². The molecule has 3 atom stereocenters. The average Bonchev–Trinajstić information content (AvgIpc) is 3.21. The highest BCUT2D eigenvalue weighted by Gasteiger charge is 2.43. The third-order valence-electron chi connectivity index (χ3n) is 9.31. The van der Waals surface area contributed by atoms with E-state index in [2.05, 4.69) is 71.3 Å². The number of piperazine rings is 1. The van der Waals surface area contributed by atoms with Crippen molar-refractivity contribution in [2.45, 2.75) is 45.7 Å². The Morgan fingerprint density at radius 1 is 1.00 bits per heavy atom. The van der Waals surface area contributed by atoms with Crippen LogP contribution in [0.4, 0.5) is 16.3 Å². The molecule has 0 radical (unpaired) electrons. The molecule has 10 nitrogen and oxygen atoms in total. The lowest BCUT2D eigenvalue weighted by Crippen LogP contribution is -2.60. The van der Waals surface area contributed by atoms with Crippen LogP contribution in [0.25, 0.3) is 0 Å². The van der Waals surface area contributed by atoms with Crippen molar-refractivity contribution in [1.29, 1.82) is 0 Å². The van der Waals surface area contributed by atoms with Gasteiger partial charge in [-0.1, -0.05) is 38.5 Å². The number of hydrogen-bond acceptors (Lipinski definition) is 8. The van der Waals surface area contributed by atoms with E-state index < -0.39 is 0 Å². The van der Waals surface area contributed by atoms with Gasteiger partial charge in [0.1, 0.15) is 11.6 Å². The van der Waals surface area contributed by atoms with E-state index in [0.717, 1.165) is 56.8 Å². The fraction of sp³-hybridized carbons (Fsp3) is 0.515. The molecule has 4 heterocycles. The fourth-order valence-corrected chi connectivity index (χ4v) is 6.84. The molecule has 3 fully saturated rings. The summed E-state index contributed by atoms with van der Waals surface area (Å²) >= 11 is 0. The molecule has 1 aromatic heterocycles. The van der Waals surface area contributed by atoms with Gasteiger partial charge in [0.05, 0.1) is 26.4 Å². The number of amides is 2. The number of amidine groups is 1. The number of benzene rings is 1. The number of anilines is 2. The second-order valence-electron chi connectivity index (χ2n) is 12.4. The lowest BCUT2D eigenvalue weighted by atomic mass is 9.77. The number of urea groups is 1. The van der Waals surface area contributed by atoms with Crippen LogP contribution < -0.4 is 15.0 Å². The second kappa shape index (κ2) is 12.9. The maximum atomic E-state index is 14.3. The van der Waals surface area contributed by atoms with E-state index in [4.69, 9.17) is 14.7 Å². The van der Waals surface area contributed by atoms with Crippen LogP contribution in [0.2, 0.25) is 0 Å². The summed E-state index contributed by atoms with van der Waals surface area (Å²) in [6.45, 7) is 10.9. The van der Waals surface area contributed by atoms with Crippen LogP contribution >= 0.6 is 0 Å². The summed E-state index contributed by atoms with van der Waals surface area (Å²) in [6.07, 6.45) is 7.21. The van der Waals surface area contributed by atoms with E-state index in [1.165, 1.54) is 12.0 Å². The monoisotopic (exact) mass is 584 g/mol. The molecule has 1 aliphatic carbocycles. The molecule has 10 heteroatoms. The van der Waals surface area contributed by atoms with Crippen LogP contribution in [0.5, 0.6) is 5.75 Å². The molecule has 2 amide bonds. The zero-order chi connectivity index (χ0) is 29.9. The summed E-state index contributed by atoms with van der Waals surface area (Å²) < 4.78 is 5.34. The molecular weight excluding hydrogens is 540 g/mol. The van der Waals surface area contributed by atoms with E-state index in [9.17, 15) is 4.79 Å². The minimum absolute atomic E-state index is 0.0892. The van der Waals surface area contributed by atoms with Gasteiger partial charge in [-0.3, -0.25) is 4.90 Å². The predicted molar refractivity (Wildman–Crippen MR) is 172 cm³/mol. The number of nitrogens with zero attached hydrogens (tertiary/aromatic N) is 7. The highest BCUT2D eigenvalue weighted by Crippen LogP contribution is 2.36. The molecule has 3 aliphatic heterocycles.